The molecule has 0 aromatic heterocycles. The van der Waals surface area contributed by atoms with Gasteiger partial charge >= 0.3 is 5.97 Å². The van der Waals surface area contributed by atoms with Gasteiger partial charge in [-0.05, 0) is 36.8 Å². The number of carboxylic acids is 1. The molecular formula is C17H21NO3. The normalized spacial score (nSPS) is 27.9. The number of carbonyl (C=O) groups excluding carboxylic acids is 1. The molecule has 3 rings (SSSR count). The molecule has 1 aromatic rings. The van der Waals surface area contributed by atoms with Crippen LogP contribution in [-0.4, -0.2) is 17.0 Å². The molecule has 1 fully saturated rings. The number of aryl methyl sites for hydroxylation is 1. The number of benzene rings is 1. The van der Waals surface area contributed by atoms with Crippen LogP contribution >= 0.6 is 0 Å². The van der Waals surface area contributed by atoms with Crippen molar-refractivity contribution in [3.8, 4) is 0 Å². The van der Waals surface area contributed by atoms with Crippen molar-refractivity contribution in [3.63, 3.8) is 0 Å². The second-order valence-corrected chi connectivity index (χ2v) is 6.13. The van der Waals surface area contributed by atoms with E-state index in [1.807, 2.05) is 12.1 Å². The van der Waals surface area contributed by atoms with Gasteiger partial charge in [-0.3, -0.25) is 9.59 Å². The maximum atomic E-state index is 12.5. The van der Waals surface area contributed by atoms with Gasteiger partial charge in [0.15, 0.2) is 0 Å². The fraction of sp³-hybridized carbons (Fsp3) is 0.529. The van der Waals surface area contributed by atoms with Gasteiger partial charge in [-0.15, -0.1) is 0 Å². The van der Waals surface area contributed by atoms with Crippen LogP contribution in [0.15, 0.2) is 24.3 Å². The molecule has 1 unspecified atom stereocenters. The van der Waals surface area contributed by atoms with Gasteiger partial charge in [0, 0.05) is 0 Å². The number of amides is 1. The molecule has 0 spiro atoms. The third-order valence-corrected chi connectivity index (χ3v) is 4.87. The Labute approximate surface area is 124 Å². The molecule has 112 valence electrons. The first-order valence-corrected chi connectivity index (χ1v) is 7.78. The molecule has 21 heavy (non-hydrogen) atoms. The van der Waals surface area contributed by atoms with E-state index in [1.165, 1.54) is 11.1 Å². The first kappa shape index (κ1) is 14.1. The monoisotopic (exact) mass is 287 g/mol. The molecule has 0 bridgehead atoms. The predicted molar refractivity (Wildman–Crippen MR) is 78.7 cm³/mol. The van der Waals surface area contributed by atoms with E-state index in [1.54, 1.807) is 0 Å². The summed E-state index contributed by atoms with van der Waals surface area (Å²) in [6.45, 7) is 0. The van der Waals surface area contributed by atoms with Crippen LogP contribution in [0.5, 0.6) is 0 Å². The molecule has 1 aromatic carbocycles. The number of aliphatic carboxylic acids is 1. The molecule has 2 aliphatic rings. The van der Waals surface area contributed by atoms with E-state index in [0.717, 1.165) is 25.7 Å². The summed E-state index contributed by atoms with van der Waals surface area (Å²) in [4.78, 5) is 23.8. The fourth-order valence-corrected chi connectivity index (χ4v) is 3.73. The molecule has 1 saturated carbocycles. The highest BCUT2D eigenvalue weighted by molar-refractivity contribution is 5.85. The van der Waals surface area contributed by atoms with E-state index < -0.39 is 11.9 Å². The molecular weight excluding hydrogens is 266 g/mol. The summed E-state index contributed by atoms with van der Waals surface area (Å²) in [5, 5.41) is 12.4. The lowest BCUT2D eigenvalue weighted by molar-refractivity contribution is -0.149. The van der Waals surface area contributed by atoms with Gasteiger partial charge in [0.25, 0.3) is 0 Å². The minimum Gasteiger partial charge on any atom is -0.481 e. The van der Waals surface area contributed by atoms with E-state index in [0.29, 0.717) is 12.8 Å². The zero-order chi connectivity index (χ0) is 14.8. The number of rotatable bonds is 3. The van der Waals surface area contributed by atoms with Crippen LogP contribution in [0.1, 0.15) is 49.3 Å². The number of nitrogens with one attached hydrogen (secondary N) is 1. The number of carboxylic acid groups (broad SMARTS) is 1. The topological polar surface area (TPSA) is 66.4 Å². The second-order valence-electron chi connectivity index (χ2n) is 6.13. The van der Waals surface area contributed by atoms with Crippen LogP contribution in [0.4, 0.5) is 0 Å². The van der Waals surface area contributed by atoms with E-state index in [4.69, 9.17) is 0 Å². The second kappa shape index (κ2) is 5.88. The van der Waals surface area contributed by atoms with Crippen molar-refractivity contribution in [1.82, 2.24) is 5.32 Å². The lowest BCUT2D eigenvalue weighted by Crippen LogP contribution is -2.40. The molecule has 4 heteroatoms. The molecule has 0 heterocycles. The Morgan fingerprint density at radius 2 is 1.76 bits per heavy atom. The summed E-state index contributed by atoms with van der Waals surface area (Å²) in [7, 11) is 0. The summed E-state index contributed by atoms with van der Waals surface area (Å²) in [6.07, 6.45) is 5.06. The lowest BCUT2D eigenvalue weighted by atomic mass is 9.78. The van der Waals surface area contributed by atoms with Gasteiger partial charge in [-0.2, -0.15) is 0 Å². The minimum atomic E-state index is -0.832. The quantitative estimate of drug-likeness (QED) is 0.898. The third-order valence-electron chi connectivity index (χ3n) is 4.87. The van der Waals surface area contributed by atoms with E-state index in [-0.39, 0.29) is 17.9 Å². The van der Waals surface area contributed by atoms with Gasteiger partial charge in [0.05, 0.1) is 17.9 Å². The van der Waals surface area contributed by atoms with Gasteiger partial charge < -0.3 is 10.4 Å². The summed E-state index contributed by atoms with van der Waals surface area (Å²) >= 11 is 0. The zero-order valence-corrected chi connectivity index (χ0v) is 12.0. The highest BCUT2D eigenvalue weighted by Gasteiger charge is 2.37. The molecule has 0 saturated heterocycles. The first-order valence-electron chi connectivity index (χ1n) is 7.78. The van der Waals surface area contributed by atoms with Gasteiger partial charge in [0.2, 0.25) is 5.91 Å². The maximum Gasteiger partial charge on any atom is 0.307 e. The van der Waals surface area contributed by atoms with Crippen LogP contribution in [0.3, 0.4) is 0 Å². The van der Waals surface area contributed by atoms with Crippen LogP contribution in [0.2, 0.25) is 0 Å². The number of hydrogen-bond acceptors (Lipinski definition) is 2. The number of carbonyl (C=O) groups is 2. The van der Waals surface area contributed by atoms with Crippen molar-refractivity contribution in [2.24, 2.45) is 11.8 Å². The van der Waals surface area contributed by atoms with Crippen molar-refractivity contribution in [2.45, 2.75) is 44.6 Å². The van der Waals surface area contributed by atoms with Gasteiger partial charge in [-0.25, -0.2) is 0 Å². The smallest absolute Gasteiger partial charge is 0.307 e. The Bertz CT molecular complexity index is 555. The zero-order valence-electron chi connectivity index (χ0n) is 12.0. The SMILES string of the molecule is O=C(O)[C@H]1CCCC[C@H]1C(=O)NC1CCc2ccccc21. The van der Waals surface area contributed by atoms with E-state index in [2.05, 4.69) is 17.4 Å². The van der Waals surface area contributed by atoms with Crippen LogP contribution in [0, 0.1) is 11.8 Å². The molecule has 0 aliphatic heterocycles. The van der Waals surface area contributed by atoms with Gasteiger partial charge in [0.1, 0.15) is 0 Å². The highest BCUT2D eigenvalue weighted by Crippen LogP contribution is 2.34. The molecule has 4 nitrogen and oxygen atoms in total. The molecule has 1 amide bonds. The standard InChI is InChI=1S/C17H21NO3/c19-16(13-7-3-4-8-14(13)17(20)21)18-15-10-9-11-5-1-2-6-12(11)15/h1-2,5-6,13-15H,3-4,7-10H2,(H,18,19)(H,20,21)/t13-,14+,15?/m1/s1. The predicted octanol–water partition coefficient (Wildman–Crippen LogP) is 2.68. The Morgan fingerprint density at radius 3 is 2.52 bits per heavy atom. The Balaban J connectivity index is 1.70. The summed E-state index contributed by atoms with van der Waals surface area (Å²) in [6, 6.07) is 8.21. The molecule has 0 radical (unpaired) electrons. The van der Waals surface area contributed by atoms with Crippen molar-refractivity contribution in [3.05, 3.63) is 35.4 Å². The van der Waals surface area contributed by atoms with Gasteiger partial charge in [-0.1, -0.05) is 37.1 Å². The molecule has 2 aliphatic carbocycles. The maximum absolute atomic E-state index is 12.5. The molecule has 3 atom stereocenters. The Kier molecular flexibility index (Phi) is 3.95. The van der Waals surface area contributed by atoms with E-state index >= 15 is 0 Å². The average molecular weight is 287 g/mol. The minimum absolute atomic E-state index is 0.0464. The Hall–Kier alpha value is -1.84. The summed E-state index contributed by atoms with van der Waals surface area (Å²) in [5.74, 6) is -1.80. The average Bonchev–Trinajstić information content (AvgIpc) is 2.90. The summed E-state index contributed by atoms with van der Waals surface area (Å²) < 4.78 is 0. The Morgan fingerprint density at radius 1 is 1.05 bits per heavy atom. The van der Waals surface area contributed by atoms with E-state index in [9.17, 15) is 14.7 Å². The van der Waals surface area contributed by atoms with Crippen LogP contribution in [-0.2, 0) is 16.0 Å². The third kappa shape index (κ3) is 2.80. The number of hydrogen-bond donors (Lipinski definition) is 2. The largest absolute Gasteiger partial charge is 0.481 e. The number of fused-ring (bicyclic) bond motifs is 1. The van der Waals surface area contributed by atoms with Crippen LogP contribution in [0.25, 0.3) is 0 Å². The fourth-order valence-electron chi connectivity index (χ4n) is 3.73. The van der Waals surface area contributed by atoms with Crippen LogP contribution < -0.4 is 5.32 Å². The van der Waals surface area contributed by atoms with Crippen molar-refractivity contribution >= 4 is 11.9 Å². The highest BCUT2D eigenvalue weighted by atomic mass is 16.4. The van der Waals surface area contributed by atoms with Crippen molar-refractivity contribution in [2.75, 3.05) is 0 Å². The van der Waals surface area contributed by atoms with Crippen molar-refractivity contribution < 1.29 is 14.7 Å². The van der Waals surface area contributed by atoms with Crippen molar-refractivity contribution in [1.29, 1.82) is 0 Å². The molecule has 2 N–H and O–H groups in total. The lowest BCUT2D eigenvalue weighted by Gasteiger charge is -2.28. The summed E-state index contributed by atoms with van der Waals surface area (Å²) in [5.41, 5.74) is 2.48. The first-order chi connectivity index (χ1) is 10.2.